The predicted molar refractivity (Wildman–Crippen MR) is 107 cm³/mol. The van der Waals surface area contributed by atoms with Crippen molar-refractivity contribution in [2.75, 3.05) is 59.0 Å². The van der Waals surface area contributed by atoms with Gasteiger partial charge in [0.2, 0.25) is 5.91 Å². The maximum absolute atomic E-state index is 12.7. The van der Waals surface area contributed by atoms with Crippen LogP contribution in [-0.2, 0) is 16.0 Å². The molecule has 4 aliphatic heterocycles. The zero-order valence-electron chi connectivity index (χ0n) is 16.4. The second-order valence-electron chi connectivity index (χ2n) is 8.37. The first kappa shape index (κ1) is 18.9. The molecule has 5 heteroatoms. The topological polar surface area (TPSA) is 36.0 Å². The molecule has 1 aromatic rings. The zero-order valence-corrected chi connectivity index (χ0v) is 16.4. The van der Waals surface area contributed by atoms with E-state index >= 15 is 0 Å². The molecule has 0 aromatic heterocycles. The van der Waals surface area contributed by atoms with E-state index in [2.05, 4.69) is 40.1 Å². The molecule has 0 unspecified atom stereocenters. The molecule has 0 aliphatic carbocycles. The number of carbonyl (C=O) groups excluding carboxylic acids is 1. The third kappa shape index (κ3) is 5.09. The Hall–Kier alpha value is -1.43. The van der Waals surface area contributed by atoms with E-state index in [1.807, 2.05) is 4.90 Å². The maximum Gasteiger partial charge on any atom is 0.236 e. The Labute approximate surface area is 163 Å². The maximum atomic E-state index is 12.7. The summed E-state index contributed by atoms with van der Waals surface area (Å²) >= 11 is 0. The number of carbonyl (C=O) groups is 1. The van der Waals surface area contributed by atoms with Crippen molar-refractivity contribution >= 4 is 5.91 Å². The smallest absolute Gasteiger partial charge is 0.236 e. The van der Waals surface area contributed by atoms with Crippen molar-refractivity contribution in [2.45, 2.75) is 31.7 Å². The van der Waals surface area contributed by atoms with Gasteiger partial charge in [0.15, 0.2) is 0 Å². The van der Waals surface area contributed by atoms with Crippen molar-refractivity contribution < 1.29 is 9.53 Å². The van der Waals surface area contributed by atoms with Crippen molar-refractivity contribution in [1.82, 2.24) is 14.7 Å². The molecule has 4 aliphatic rings. The molecule has 148 valence electrons. The van der Waals surface area contributed by atoms with Gasteiger partial charge in [-0.25, -0.2) is 0 Å². The van der Waals surface area contributed by atoms with Gasteiger partial charge in [0.25, 0.3) is 0 Å². The van der Waals surface area contributed by atoms with E-state index in [-0.39, 0.29) is 0 Å². The van der Waals surface area contributed by atoms with Gasteiger partial charge in [-0.15, -0.1) is 0 Å². The molecule has 5 nitrogen and oxygen atoms in total. The fourth-order valence-corrected chi connectivity index (χ4v) is 4.89. The highest BCUT2D eigenvalue weighted by molar-refractivity contribution is 5.78. The molecule has 1 aromatic carbocycles. The molecule has 5 rings (SSSR count). The zero-order chi connectivity index (χ0) is 18.5. The van der Waals surface area contributed by atoms with Crippen molar-refractivity contribution in [3.05, 3.63) is 35.9 Å². The number of rotatable bonds is 6. The van der Waals surface area contributed by atoms with E-state index in [1.165, 1.54) is 37.9 Å². The largest absolute Gasteiger partial charge is 0.378 e. The number of fused-ring (bicyclic) bond motifs is 4. The quantitative estimate of drug-likeness (QED) is 0.765. The highest BCUT2D eigenvalue weighted by Crippen LogP contribution is 2.28. The van der Waals surface area contributed by atoms with Gasteiger partial charge in [0.1, 0.15) is 0 Å². The highest BCUT2D eigenvalue weighted by atomic mass is 16.5. The molecule has 27 heavy (non-hydrogen) atoms. The number of morpholine rings is 1. The molecule has 4 fully saturated rings. The lowest BCUT2D eigenvalue weighted by Crippen LogP contribution is -2.51. The van der Waals surface area contributed by atoms with E-state index < -0.39 is 0 Å². The van der Waals surface area contributed by atoms with Crippen LogP contribution in [0.4, 0.5) is 0 Å². The summed E-state index contributed by atoms with van der Waals surface area (Å²) in [7, 11) is 0. The molecule has 0 saturated carbocycles. The molecular weight excluding hydrogens is 338 g/mol. The lowest BCUT2D eigenvalue weighted by molar-refractivity contribution is -0.137. The number of benzene rings is 1. The van der Waals surface area contributed by atoms with Crippen LogP contribution in [0.1, 0.15) is 24.8 Å². The minimum atomic E-state index is 0.293. The van der Waals surface area contributed by atoms with E-state index in [0.29, 0.717) is 31.7 Å². The summed E-state index contributed by atoms with van der Waals surface area (Å²) in [6.45, 7) is 8.08. The predicted octanol–water partition coefficient (Wildman–Crippen LogP) is 1.87. The Morgan fingerprint density at radius 2 is 1.85 bits per heavy atom. The first-order valence-corrected chi connectivity index (χ1v) is 10.6. The molecule has 4 saturated heterocycles. The minimum Gasteiger partial charge on any atom is -0.378 e. The Morgan fingerprint density at radius 3 is 2.67 bits per heavy atom. The second-order valence-corrected chi connectivity index (χ2v) is 8.37. The summed E-state index contributed by atoms with van der Waals surface area (Å²) in [6.07, 6.45) is 4.94. The van der Waals surface area contributed by atoms with Crippen LogP contribution >= 0.6 is 0 Å². The normalized spacial score (nSPS) is 26.9. The van der Waals surface area contributed by atoms with Crippen LogP contribution in [0.5, 0.6) is 0 Å². The van der Waals surface area contributed by atoms with Crippen LogP contribution in [-0.4, -0.2) is 85.7 Å². The van der Waals surface area contributed by atoms with Crippen LogP contribution in [0, 0.1) is 5.92 Å². The number of aryl methyl sites for hydroxylation is 1. The molecule has 4 heterocycles. The first-order chi connectivity index (χ1) is 13.3. The van der Waals surface area contributed by atoms with Crippen molar-refractivity contribution in [2.24, 2.45) is 5.92 Å². The standard InChI is InChI=1S/C22H33N3O2/c26-22(24-11-13-27-14-12-24)18-25-16-20-8-9-21(25)17-23(15-20)10-4-7-19-5-2-1-3-6-19/h1-3,5-6,20-21H,4,7-18H2/t20-,21+/m0/s1. The van der Waals surface area contributed by atoms with Crippen LogP contribution in [0.3, 0.4) is 0 Å². The average molecular weight is 372 g/mol. The number of piperidine rings is 1. The summed E-state index contributed by atoms with van der Waals surface area (Å²) in [6, 6.07) is 11.3. The number of amides is 1. The molecular formula is C22H33N3O2. The van der Waals surface area contributed by atoms with Gasteiger partial charge in [0, 0.05) is 38.8 Å². The lowest BCUT2D eigenvalue weighted by Gasteiger charge is -2.37. The lowest BCUT2D eigenvalue weighted by atomic mass is 9.95. The number of hydrogen-bond acceptors (Lipinski definition) is 4. The van der Waals surface area contributed by atoms with E-state index in [9.17, 15) is 4.79 Å². The third-order valence-electron chi connectivity index (χ3n) is 6.39. The van der Waals surface area contributed by atoms with Crippen LogP contribution < -0.4 is 0 Å². The van der Waals surface area contributed by atoms with Gasteiger partial charge in [-0.2, -0.15) is 0 Å². The number of hydrogen-bond donors (Lipinski definition) is 0. The van der Waals surface area contributed by atoms with E-state index in [1.54, 1.807) is 0 Å². The molecule has 0 N–H and O–H groups in total. The summed E-state index contributed by atoms with van der Waals surface area (Å²) in [4.78, 5) is 19.8. The van der Waals surface area contributed by atoms with Gasteiger partial charge in [-0.3, -0.25) is 9.69 Å². The number of ether oxygens (including phenoxy) is 1. The van der Waals surface area contributed by atoms with Crippen molar-refractivity contribution in [3.63, 3.8) is 0 Å². The molecule has 2 atom stereocenters. The summed E-state index contributed by atoms with van der Waals surface area (Å²) in [5, 5.41) is 0. The highest BCUT2D eigenvalue weighted by Gasteiger charge is 2.36. The number of nitrogens with zero attached hydrogens (tertiary/aromatic N) is 3. The Bertz CT molecular complexity index is 603. The van der Waals surface area contributed by atoms with Gasteiger partial charge < -0.3 is 14.5 Å². The van der Waals surface area contributed by atoms with Crippen molar-refractivity contribution in [1.29, 1.82) is 0 Å². The molecule has 1 amide bonds. The summed E-state index contributed by atoms with van der Waals surface area (Å²) < 4.78 is 5.38. The Morgan fingerprint density at radius 1 is 1.04 bits per heavy atom. The Kier molecular flexibility index (Phi) is 6.43. The van der Waals surface area contributed by atoms with Gasteiger partial charge in [0.05, 0.1) is 19.8 Å². The fraction of sp³-hybridized carbons (Fsp3) is 0.682. The first-order valence-electron chi connectivity index (χ1n) is 10.6. The van der Waals surface area contributed by atoms with E-state index in [4.69, 9.17) is 4.74 Å². The monoisotopic (exact) mass is 371 g/mol. The van der Waals surface area contributed by atoms with Crippen LogP contribution in [0.2, 0.25) is 0 Å². The fourth-order valence-electron chi connectivity index (χ4n) is 4.89. The summed E-state index contributed by atoms with van der Waals surface area (Å²) in [5.41, 5.74) is 1.44. The van der Waals surface area contributed by atoms with E-state index in [0.717, 1.165) is 38.5 Å². The average Bonchev–Trinajstić information content (AvgIpc) is 3.00. The second kappa shape index (κ2) is 9.18. The van der Waals surface area contributed by atoms with Gasteiger partial charge in [-0.05, 0) is 43.7 Å². The minimum absolute atomic E-state index is 0.293. The molecule has 2 bridgehead atoms. The van der Waals surface area contributed by atoms with Gasteiger partial charge >= 0.3 is 0 Å². The SMILES string of the molecule is O=C(CN1C[C@H]2CC[C@@H]1CN(CCCc1ccccc1)C2)N1CCOCC1. The van der Waals surface area contributed by atoms with Crippen molar-refractivity contribution in [3.8, 4) is 0 Å². The molecule has 0 spiro atoms. The van der Waals surface area contributed by atoms with Crippen LogP contribution in [0.25, 0.3) is 0 Å². The third-order valence-corrected chi connectivity index (χ3v) is 6.39. The van der Waals surface area contributed by atoms with Gasteiger partial charge in [-0.1, -0.05) is 30.3 Å². The summed E-state index contributed by atoms with van der Waals surface area (Å²) in [5.74, 6) is 1.01. The van der Waals surface area contributed by atoms with Crippen LogP contribution in [0.15, 0.2) is 30.3 Å². The molecule has 0 radical (unpaired) electrons. The Balaban J connectivity index is 1.27.